The maximum atomic E-state index is 4.34. The molecule has 0 spiro atoms. The van der Waals surface area contributed by atoms with E-state index in [1.807, 2.05) is 12.3 Å². The monoisotopic (exact) mass is 238 g/mol. The van der Waals surface area contributed by atoms with Gasteiger partial charge < -0.3 is 5.32 Å². The zero-order valence-electron chi connectivity index (χ0n) is 10.5. The third kappa shape index (κ3) is 2.53. The zero-order chi connectivity index (χ0) is 12.2. The number of fused-ring (bicyclic) bond motifs is 1. The molecule has 2 heteroatoms. The number of rotatable bonds is 3. The fourth-order valence-corrected chi connectivity index (χ4v) is 2.49. The Morgan fingerprint density at radius 3 is 3.11 bits per heavy atom. The van der Waals surface area contributed by atoms with Crippen molar-refractivity contribution in [1.82, 2.24) is 4.98 Å². The Morgan fingerprint density at radius 1 is 1.22 bits per heavy atom. The lowest BCUT2D eigenvalue weighted by atomic mass is 9.94. The predicted molar refractivity (Wildman–Crippen MR) is 76.7 cm³/mol. The van der Waals surface area contributed by atoms with Crippen molar-refractivity contribution in [3.8, 4) is 0 Å². The Balaban J connectivity index is 1.69. The van der Waals surface area contributed by atoms with Gasteiger partial charge in [0.15, 0.2) is 0 Å². The van der Waals surface area contributed by atoms with Gasteiger partial charge in [0.1, 0.15) is 0 Å². The minimum atomic E-state index is 0.777. The van der Waals surface area contributed by atoms with Gasteiger partial charge in [0.2, 0.25) is 0 Å². The molecule has 1 N–H and O–H groups in total. The van der Waals surface area contributed by atoms with Gasteiger partial charge in [-0.3, -0.25) is 4.98 Å². The number of nitrogens with one attached hydrogen (secondary N) is 1. The van der Waals surface area contributed by atoms with E-state index >= 15 is 0 Å². The molecule has 1 unspecified atom stereocenters. The van der Waals surface area contributed by atoms with E-state index in [0.717, 1.165) is 18.0 Å². The quantitative estimate of drug-likeness (QED) is 0.817. The summed E-state index contributed by atoms with van der Waals surface area (Å²) in [6.45, 7) is 1.07. The smallest absolute Gasteiger partial charge is 0.0703 e. The van der Waals surface area contributed by atoms with Crippen molar-refractivity contribution in [1.29, 1.82) is 0 Å². The van der Waals surface area contributed by atoms with Gasteiger partial charge in [-0.05, 0) is 49.4 Å². The van der Waals surface area contributed by atoms with E-state index in [1.165, 1.54) is 30.3 Å². The van der Waals surface area contributed by atoms with Crippen LogP contribution in [0.5, 0.6) is 0 Å². The van der Waals surface area contributed by atoms with Crippen LogP contribution in [0.15, 0.2) is 48.7 Å². The van der Waals surface area contributed by atoms with Crippen molar-refractivity contribution in [3.05, 3.63) is 48.7 Å². The molecule has 18 heavy (non-hydrogen) atoms. The van der Waals surface area contributed by atoms with Crippen LogP contribution in [-0.4, -0.2) is 11.5 Å². The molecule has 2 nitrogen and oxygen atoms in total. The van der Waals surface area contributed by atoms with Crippen molar-refractivity contribution in [2.45, 2.75) is 19.3 Å². The first-order chi connectivity index (χ1) is 8.92. The van der Waals surface area contributed by atoms with Crippen molar-refractivity contribution in [2.24, 2.45) is 5.92 Å². The van der Waals surface area contributed by atoms with Crippen LogP contribution in [0.4, 0.5) is 5.69 Å². The lowest BCUT2D eigenvalue weighted by molar-refractivity contribution is 0.504. The molecule has 1 atom stereocenters. The molecule has 0 amide bonds. The Morgan fingerprint density at radius 2 is 2.22 bits per heavy atom. The molecule has 1 aliphatic rings. The molecule has 1 heterocycles. The van der Waals surface area contributed by atoms with Crippen LogP contribution in [0.25, 0.3) is 10.9 Å². The van der Waals surface area contributed by atoms with Gasteiger partial charge in [-0.25, -0.2) is 0 Å². The summed E-state index contributed by atoms with van der Waals surface area (Å²) in [5, 5.41) is 4.74. The first kappa shape index (κ1) is 11.3. The van der Waals surface area contributed by atoms with Crippen LogP contribution in [0.3, 0.4) is 0 Å². The molecule has 3 rings (SSSR count). The highest BCUT2D eigenvalue weighted by atomic mass is 14.9. The van der Waals surface area contributed by atoms with Crippen molar-refractivity contribution >= 4 is 16.6 Å². The molecule has 1 aromatic heterocycles. The average Bonchev–Trinajstić information content (AvgIpc) is 2.46. The molecule has 2 aromatic rings. The molecule has 0 saturated heterocycles. The van der Waals surface area contributed by atoms with Gasteiger partial charge in [0.05, 0.1) is 5.52 Å². The van der Waals surface area contributed by atoms with E-state index < -0.39 is 0 Å². The largest absolute Gasteiger partial charge is 0.385 e. The summed E-state index contributed by atoms with van der Waals surface area (Å²) in [6.07, 6.45) is 10.2. The lowest BCUT2D eigenvalue weighted by Gasteiger charge is -2.18. The Labute approximate surface area is 108 Å². The van der Waals surface area contributed by atoms with Gasteiger partial charge in [0.25, 0.3) is 0 Å². The highest BCUT2D eigenvalue weighted by Crippen LogP contribution is 2.21. The van der Waals surface area contributed by atoms with E-state index in [4.69, 9.17) is 0 Å². The number of anilines is 1. The molecule has 0 fully saturated rings. The molecule has 0 radical (unpaired) electrons. The first-order valence-electron chi connectivity index (χ1n) is 6.65. The van der Waals surface area contributed by atoms with Gasteiger partial charge in [-0.2, -0.15) is 0 Å². The molecule has 1 aromatic carbocycles. The summed E-state index contributed by atoms with van der Waals surface area (Å²) in [6, 6.07) is 10.5. The fourth-order valence-electron chi connectivity index (χ4n) is 2.49. The maximum Gasteiger partial charge on any atom is 0.0703 e. The van der Waals surface area contributed by atoms with Crippen molar-refractivity contribution in [3.63, 3.8) is 0 Å². The number of benzene rings is 1. The molecule has 92 valence electrons. The van der Waals surface area contributed by atoms with Crippen LogP contribution in [-0.2, 0) is 0 Å². The SMILES string of the molecule is C1=CCC(CNc2ccc3ncccc3c2)CC1. The second-order valence-corrected chi connectivity index (χ2v) is 4.94. The molecule has 0 aliphatic heterocycles. The second kappa shape index (κ2) is 5.21. The highest BCUT2D eigenvalue weighted by Gasteiger charge is 2.09. The standard InChI is InChI=1S/C16H18N2/c1-2-5-13(6-3-1)12-18-15-8-9-16-14(11-15)7-4-10-17-16/h1-2,4,7-11,13,18H,3,5-6,12H2. The molecule has 1 aliphatic carbocycles. The lowest BCUT2D eigenvalue weighted by Crippen LogP contribution is -2.15. The summed E-state index contributed by atoms with van der Waals surface area (Å²) in [5.74, 6) is 0.777. The Bertz CT molecular complexity index is 560. The molecular weight excluding hydrogens is 220 g/mol. The first-order valence-corrected chi connectivity index (χ1v) is 6.65. The predicted octanol–water partition coefficient (Wildman–Crippen LogP) is 4.00. The summed E-state index contributed by atoms with van der Waals surface area (Å²) >= 11 is 0. The number of pyridine rings is 1. The number of nitrogens with zero attached hydrogens (tertiary/aromatic N) is 1. The van der Waals surface area contributed by atoms with E-state index in [0.29, 0.717) is 0 Å². The third-order valence-electron chi connectivity index (χ3n) is 3.58. The fraction of sp³-hybridized carbons (Fsp3) is 0.312. The normalized spacial score (nSPS) is 19.0. The number of hydrogen-bond acceptors (Lipinski definition) is 2. The summed E-state index contributed by atoms with van der Waals surface area (Å²) in [7, 11) is 0. The van der Waals surface area contributed by atoms with E-state index in [1.54, 1.807) is 0 Å². The van der Waals surface area contributed by atoms with Crippen LogP contribution in [0, 0.1) is 5.92 Å². The van der Waals surface area contributed by atoms with E-state index in [-0.39, 0.29) is 0 Å². The summed E-state index contributed by atoms with van der Waals surface area (Å²) in [4.78, 5) is 4.34. The maximum absolute atomic E-state index is 4.34. The topological polar surface area (TPSA) is 24.9 Å². The van der Waals surface area contributed by atoms with Gasteiger partial charge >= 0.3 is 0 Å². The van der Waals surface area contributed by atoms with Gasteiger partial charge in [-0.15, -0.1) is 0 Å². The molecule has 0 saturated carbocycles. The van der Waals surface area contributed by atoms with Crippen LogP contribution in [0.2, 0.25) is 0 Å². The van der Waals surface area contributed by atoms with Crippen molar-refractivity contribution in [2.75, 3.05) is 11.9 Å². The van der Waals surface area contributed by atoms with Crippen molar-refractivity contribution < 1.29 is 0 Å². The minimum absolute atomic E-state index is 0.777. The average molecular weight is 238 g/mol. The Hall–Kier alpha value is -1.83. The minimum Gasteiger partial charge on any atom is -0.385 e. The number of allylic oxidation sites excluding steroid dienone is 2. The van der Waals surface area contributed by atoms with Gasteiger partial charge in [-0.1, -0.05) is 18.2 Å². The number of aromatic nitrogens is 1. The zero-order valence-corrected chi connectivity index (χ0v) is 10.5. The summed E-state index contributed by atoms with van der Waals surface area (Å²) < 4.78 is 0. The van der Waals surface area contributed by atoms with E-state index in [9.17, 15) is 0 Å². The third-order valence-corrected chi connectivity index (χ3v) is 3.58. The number of hydrogen-bond donors (Lipinski definition) is 1. The second-order valence-electron chi connectivity index (χ2n) is 4.94. The van der Waals surface area contributed by atoms with Crippen LogP contribution in [0.1, 0.15) is 19.3 Å². The van der Waals surface area contributed by atoms with Gasteiger partial charge in [0, 0.05) is 23.8 Å². The molecular formula is C16H18N2. The molecule has 0 bridgehead atoms. The van der Waals surface area contributed by atoms with E-state index in [2.05, 4.69) is 46.7 Å². The van der Waals surface area contributed by atoms with Crippen LogP contribution < -0.4 is 5.32 Å². The van der Waals surface area contributed by atoms with Crippen LogP contribution >= 0.6 is 0 Å². The Kier molecular flexibility index (Phi) is 3.26. The summed E-state index contributed by atoms with van der Waals surface area (Å²) in [5.41, 5.74) is 2.26. The highest BCUT2D eigenvalue weighted by molar-refractivity contribution is 5.82.